The highest BCUT2D eigenvalue weighted by molar-refractivity contribution is 9.11. The predicted octanol–water partition coefficient (Wildman–Crippen LogP) is 3.67. The summed E-state index contributed by atoms with van der Waals surface area (Å²) in [6.07, 6.45) is 3.45. The Morgan fingerprint density at radius 1 is 1.41 bits per heavy atom. The number of ether oxygens (including phenoxy) is 1. The van der Waals surface area contributed by atoms with Gasteiger partial charge < -0.3 is 9.84 Å². The lowest BCUT2D eigenvalue weighted by Gasteiger charge is -2.25. The molecule has 1 aliphatic rings. The molecule has 2 rings (SSSR count). The van der Waals surface area contributed by atoms with Crippen LogP contribution in [0.3, 0.4) is 0 Å². The molecular weight excluding hydrogens is 304 g/mol. The second kappa shape index (κ2) is 5.98. The van der Waals surface area contributed by atoms with Crippen LogP contribution in [-0.2, 0) is 16.1 Å². The zero-order chi connectivity index (χ0) is 12.3. The summed E-state index contributed by atoms with van der Waals surface area (Å²) in [5.41, 5.74) is 0. The summed E-state index contributed by atoms with van der Waals surface area (Å²) in [5, 5.41) is 8.89. The van der Waals surface area contributed by atoms with Crippen molar-refractivity contribution in [2.45, 2.75) is 38.4 Å². The Hall–Kier alpha value is -0.390. The average molecular weight is 319 g/mol. The van der Waals surface area contributed by atoms with E-state index in [2.05, 4.69) is 22.0 Å². The van der Waals surface area contributed by atoms with Crippen LogP contribution in [0.2, 0.25) is 0 Å². The second-order valence-electron chi connectivity index (χ2n) is 4.33. The summed E-state index contributed by atoms with van der Waals surface area (Å²) in [4.78, 5) is 12.0. The first-order valence-corrected chi connectivity index (χ1v) is 7.34. The van der Waals surface area contributed by atoms with Crippen LogP contribution in [0, 0.1) is 5.92 Å². The molecule has 0 aliphatic heterocycles. The van der Waals surface area contributed by atoms with Gasteiger partial charge in [-0.05, 0) is 53.7 Å². The van der Waals surface area contributed by atoms with Crippen LogP contribution < -0.4 is 0 Å². The van der Waals surface area contributed by atoms with Gasteiger partial charge in [-0.2, -0.15) is 0 Å². The summed E-state index contributed by atoms with van der Waals surface area (Å²) in [7, 11) is 0. The van der Waals surface area contributed by atoms with Crippen LogP contribution in [0.5, 0.6) is 0 Å². The number of halogens is 1. The molecule has 1 heterocycles. The lowest BCUT2D eigenvalue weighted by atomic mass is 9.87. The highest BCUT2D eigenvalue weighted by Gasteiger charge is 2.26. The summed E-state index contributed by atoms with van der Waals surface area (Å²) in [6, 6.07) is 4.07. The molecule has 1 aromatic rings. The molecule has 0 aromatic carbocycles. The minimum absolute atomic E-state index is 0.161. The molecule has 0 radical (unpaired) electrons. The van der Waals surface area contributed by atoms with E-state index in [9.17, 15) is 4.79 Å². The van der Waals surface area contributed by atoms with Crippen LogP contribution >= 0.6 is 27.3 Å². The second-order valence-corrected chi connectivity index (χ2v) is 6.88. The SMILES string of the molecule is O=C(O)C1CCC(OCc2ccc(Br)s2)CC1. The number of carboxylic acid groups (broad SMARTS) is 1. The van der Waals surface area contributed by atoms with Gasteiger partial charge >= 0.3 is 5.97 Å². The zero-order valence-electron chi connectivity index (χ0n) is 9.39. The van der Waals surface area contributed by atoms with Gasteiger partial charge in [0, 0.05) is 4.88 Å². The summed E-state index contributed by atoms with van der Waals surface area (Å²) in [5.74, 6) is -0.823. The van der Waals surface area contributed by atoms with Gasteiger partial charge in [-0.15, -0.1) is 11.3 Å². The Bertz CT molecular complexity index is 383. The van der Waals surface area contributed by atoms with Gasteiger partial charge in [0.05, 0.1) is 22.4 Å². The fourth-order valence-electron chi connectivity index (χ4n) is 2.11. The first-order chi connectivity index (χ1) is 8.15. The van der Waals surface area contributed by atoms with Gasteiger partial charge in [0.15, 0.2) is 0 Å². The molecule has 0 amide bonds. The van der Waals surface area contributed by atoms with Crippen molar-refractivity contribution in [2.24, 2.45) is 5.92 Å². The minimum Gasteiger partial charge on any atom is -0.481 e. The van der Waals surface area contributed by atoms with E-state index < -0.39 is 5.97 Å². The number of rotatable bonds is 4. The quantitative estimate of drug-likeness (QED) is 0.921. The highest BCUT2D eigenvalue weighted by atomic mass is 79.9. The third-order valence-corrected chi connectivity index (χ3v) is 4.71. The Labute approximate surface area is 113 Å². The normalized spacial score (nSPS) is 24.8. The maximum Gasteiger partial charge on any atom is 0.306 e. The Morgan fingerprint density at radius 2 is 2.12 bits per heavy atom. The number of carboxylic acids is 1. The molecule has 3 nitrogen and oxygen atoms in total. The van der Waals surface area contributed by atoms with Crippen LogP contribution in [0.15, 0.2) is 15.9 Å². The van der Waals surface area contributed by atoms with Crippen LogP contribution in [0.1, 0.15) is 30.6 Å². The van der Waals surface area contributed by atoms with E-state index in [1.165, 1.54) is 4.88 Å². The van der Waals surface area contributed by atoms with Gasteiger partial charge in [0.1, 0.15) is 0 Å². The molecule has 0 spiro atoms. The minimum atomic E-state index is -0.661. The van der Waals surface area contributed by atoms with Crippen molar-refractivity contribution in [3.8, 4) is 0 Å². The first kappa shape index (κ1) is 13.1. The summed E-state index contributed by atoms with van der Waals surface area (Å²) in [6.45, 7) is 0.638. The van der Waals surface area contributed by atoms with E-state index in [0.717, 1.165) is 29.5 Å². The van der Waals surface area contributed by atoms with Crippen molar-refractivity contribution in [3.63, 3.8) is 0 Å². The monoisotopic (exact) mass is 318 g/mol. The zero-order valence-corrected chi connectivity index (χ0v) is 11.8. The van der Waals surface area contributed by atoms with Crippen LogP contribution in [0.25, 0.3) is 0 Å². The molecule has 1 N–H and O–H groups in total. The highest BCUT2D eigenvalue weighted by Crippen LogP contribution is 2.28. The average Bonchev–Trinajstić information content (AvgIpc) is 2.73. The van der Waals surface area contributed by atoms with E-state index in [1.807, 2.05) is 6.07 Å². The molecule has 94 valence electrons. The maximum atomic E-state index is 10.8. The van der Waals surface area contributed by atoms with Crippen molar-refractivity contribution >= 4 is 33.2 Å². The van der Waals surface area contributed by atoms with Gasteiger partial charge in [0.25, 0.3) is 0 Å². The number of aliphatic carboxylic acids is 1. The Balaban J connectivity index is 1.73. The molecule has 1 saturated carbocycles. The number of hydrogen-bond acceptors (Lipinski definition) is 3. The number of thiophene rings is 1. The number of carbonyl (C=O) groups is 1. The largest absolute Gasteiger partial charge is 0.481 e. The van der Waals surface area contributed by atoms with Gasteiger partial charge in [-0.1, -0.05) is 0 Å². The molecule has 0 unspecified atom stereocenters. The molecule has 1 fully saturated rings. The van der Waals surface area contributed by atoms with Crippen molar-refractivity contribution < 1.29 is 14.6 Å². The number of hydrogen-bond donors (Lipinski definition) is 1. The van der Waals surface area contributed by atoms with E-state index in [-0.39, 0.29) is 12.0 Å². The summed E-state index contributed by atoms with van der Waals surface area (Å²) < 4.78 is 6.92. The molecule has 5 heteroatoms. The van der Waals surface area contributed by atoms with E-state index in [0.29, 0.717) is 6.61 Å². The van der Waals surface area contributed by atoms with Crippen molar-refractivity contribution in [1.29, 1.82) is 0 Å². The van der Waals surface area contributed by atoms with Crippen molar-refractivity contribution in [3.05, 3.63) is 20.8 Å². The maximum absolute atomic E-state index is 10.8. The van der Waals surface area contributed by atoms with E-state index >= 15 is 0 Å². The van der Waals surface area contributed by atoms with Gasteiger partial charge in [-0.3, -0.25) is 4.79 Å². The van der Waals surface area contributed by atoms with Crippen LogP contribution in [-0.4, -0.2) is 17.2 Å². The van der Waals surface area contributed by atoms with Gasteiger partial charge in [-0.25, -0.2) is 0 Å². The van der Waals surface area contributed by atoms with E-state index in [4.69, 9.17) is 9.84 Å². The lowest BCUT2D eigenvalue weighted by Crippen LogP contribution is -2.25. The smallest absolute Gasteiger partial charge is 0.306 e. The first-order valence-electron chi connectivity index (χ1n) is 5.74. The van der Waals surface area contributed by atoms with Crippen molar-refractivity contribution in [1.82, 2.24) is 0 Å². The molecule has 1 aliphatic carbocycles. The Kier molecular flexibility index (Phi) is 4.59. The molecule has 1 aromatic heterocycles. The predicted molar refractivity (Wildman–Crippen MR) is 70.2 cm³/mol. The third kappa shape index (κ3) is 3.79. The van der Waals surface area contributed by atoms with Gasteiger partial charge in [0.2, 0.25) is 0 Å². The standard InChI is InChI=1S/C12H15BrO3S/c13-11-6-5-10(17-11)7-16-9-3-1-8(2-4-9)12(14)15/h5-6,8-9H,1-4,7H2,(H,14,15). The Morgan fingerprint density at radius 3 is 2.65 bits per heavy atom. The molecule has 0 saturated heterocycles. The lowest BCUT2D eigenvalue weighted by molar-refractivity contribution is -0.143. The molecule has 0 bridgehead atoms. The molecule has 17 heavy (non-hydrogen) atoms. The fraction of sp³-hybridized carbons (Fsp3) is 0.583. The van der Waals surface area contributed by atoms with E-state index in [1.54, 1.807) is 11.3 Å². The fourth-order valence-corrected chi connectivity index (χ4v) is 3.51. The summed E-state index contributed by atoms with van der Waals surface area (Å²) >= 11 is 5.10. The third-order valence-electron chi connectivity index (χ3n) is 3.11. The topological polar surface area (TPSA) is 46.5 Å². The van der Waals surface area contributed by atoms with Crippen molar-refractivity contribution in [2.75, 3.05) is 0 Å². The molecular formula is C12H15BrO3S. The van der Waals surface area contributed by atoms with Crippen LogP contribution in [0.4, 0.5) is 0 Å². The molecule has 0 atom stereocenters.